The molecule has 0 saturated carbocycles. The van der Waals surface area contributed by atoms with Gasteiger partial charge >= 0.3 is 17.8 Å². The van der Waals surface area contributed by atoms with Crippen LogP contribution in [0.25, 0.3) is 45.5 Å². The third kappa shape index (κ3) is 16.5. The maximum atomic E-state index is 13.6. The molecule has 0 aliphatic heterocycles. The van der Waals surface area contributed by atoms with E-state index in [1.165, 1.54) is 58.8 Å². The number of hydrogen-bond acceptors (Lipinski definition) is 2. The first kappa shape index (κ1) is 65.5. The van der Waals surface area contributed by atoms with Crippen LogP contribution < -0.4 is 27.9 Å². The van der Waals surface area contributed by atoms with E-state index in [0.29, 0.717) is 16.9 Å². The lowest BCUT2D eigenvalue weighted by Gasteiger charge is -2.10. The number of para-hydroxylation sites is 1. The summed E-state index contributed by atoms with van der Waals surface area (Å²) in [5, 5.41) is 8.75. The average molecular weight is 1210 g/mol. The minimum absolute atomic E-state index is 0.193. The van der Waals surface area contributed by atoms with E-state index >= 15 is 0 Å². The van der Waals surface area contributed by atoms with Crippen molar-refractivity contribution in [1.29, 1.82) is 0 Å². The van der Waals surface area contributed by atoms with Gasteiger partial charge in [0.2, 0.25) is 12.7 Å². The highest BCUT2D eigenvalue weighted by Crippen LogP contribution is 2.31. The molecule has 0 fully saturated rings. The second kappa shape index (κ2) is 28.9. The van der Waals surface area contributed by atoms with Gasteiger partial charge in [0.1, 0.15) is 40.2 Å². The molecule has 0 aliphatic rings. The molecule has 0 unspecified atom stereocenters. The minimum Gasteiger partial charge on any atom is -0.233 e. The number of alkyl halides is 3. The summed E-state index contributed by atoms with van der Waals surface area (Å²) in [5.74, 6) is 0.333. The fourth-order valence-electron chi connectivity index (χ4n) is 9.67. The number of aromatic nitrogens is 14. The lowest BCUT2D eigenvalue weighted by atomic mass is 10.1. The van der Waals surface area contributed by atoms with Crippen molar-refractivity contribution in [2.24, 2.45) is 56.4 Å². The van der Waals surface area contributed by atoms with E-state index in [2.05, 4.69) is 76.0 Å². The first-order valence-corrected chi connectivity index (χ1v) is 27.9. The van der Waals surface area contributed by atoms with Crippen LogP contribution in [0, 0.1) is 64.8 Å². The Morgan fingerprint density at radius 1 is 0.375 bits per heavy atom. The second-order valence-electron chi connectivity index (χ2n) is 21.1. The normalized spacial score (nSPS) is 10.8. The van der Waals surface area contributed by atoms with Gasteiger partial charge in [0.15, 0.2) is 58.8 Å². The Labute approximate surface area is 508 Å². The van der Waals surface area contributed by atoms with Gasteiger partial charge in [-0.25, -0.2) is 26.7 Å². The quantitative estimate of drug-likeness (QED) is 0.123. The highest BCUT2D eigenvalue weighted by Gasteiger charge is 2.31. The summed E-state index contributed by atoms with van der Waals surface area (Å²) in [6.07, 6.45) is 14.5. The molecule has 12 rings (SSSR count). The highest BCUT2D eigenvalue weighted by atomic mass is 19.4. The molecule has 21 heteroatoms. The molecule has 88 heavy (non-hydrogen) atoms. The van der Waals surface area contributed by atoms with Crippen molar-refractivity contribution in [3.8, 4) is 45.5 Å². The number of aryl methyl sites for hydroxylation is 14. The molecule has 14 nitrogen and oxygen atoms in total. The Bertz CT molecular complexity index is 4270. The summed E-state index contributed by atoms with van der Waals surface area (Å²) >= 11 is 0. The van der Waals surface area contributed by atoms with Gasteiger partial charge in [0.05, 0.1) is 69.7 Å². The van der Waals surface area contributed by atoms with Crippen LogP contribution in [0.2, 0.25) is 0 Å². The lowest BCUT2D eigenvalue weighted by Crippen LogP contribution is -2.37. The molecule has 0 amide bonds. The molecule has 0 radical (unpaired) electrons. The number of nitrogens with zero attached hydrogens (tertiary/aromatic N) is 14. The van der Waals surface area contributed by atoms with Crippen molar-refractivity contribution in [3.05, 3.63) is 264 Å². The van der Waals surface area contributed by atoms with Crippen molar-refractivity contribution in [1.82, 2.24) is 38.3 Å². The van der Waals surface area contributed by atoms with Gasteiger partial charge in [-0.2, -0.15) is 13.2 Å². The number of halogens is 7. The maximum Gasteiger partial charge on any atom is 0.416 e. The Morgan fingerprint density at radius 2 is 0.795 bits per heavy atom. The van der Waals surface area contributed by atoms with Gasteiger partial charge in [-0.1, -0.05) is 42.5 Å². The minimum atomic E-state index is -4.31. The summed E-state index contributed by atoms with van der Waals surface area (Å²) in [5.41, 5.74) is 10.4. The molecule has 456 valence electrons. The summed E-state index contributed by atoms with van der Waals surface area (Å²) < 4.78 is 113. The third-order valence-corrected chi connectivity index (χ3v) is 14.1. The van der Waals surface area contributed by atoms with Crippen molar-refractivity contribution in [2.75, 3.05) is 0 Å². The predicted octanol–water partition coefficient (Wildman–Crippen LogP) is 10.5. The molecular weight excluding hydrogens is 1130 g/mol. The van der Waals surface area contributed by atoms with Gasteiger partial charge in [-0.15, -0.1) is 46.8 Å². The zero-order valence-corrected chi connectivity index (χ0v) is 52.0. The fourth-order valence-corrected chi connectivity index (χ4v) is 9.67. The Kier molecular flexibility index (Phi) is 21.5. The summed E-state index contributed by atoms with van der Waals surface area (Å²) in [6.45, 7) is 11.5. The standard InChI is InChI=1S/C12H12F3N2.C11H11F2N2.C11H13FN3.C11H12FN2.C11H14N3.C11H13N2/c1-9-4-5-10(12(13,14)15)8-11(9)17-7-3-6-16(17)2;1-8-6-9(12)7-10(13)11(8)15-5-3-4-14(15)2;1-8-6-9(12)4-5-10(8)11-13-15(3)7-14(11)2;1-9-8-10(12)4-5-11(9)14-7-3-6-13(14)2;1-9-6-4-5-7-10(9)11-12-14(3)8-13(11)2;1-10-6-3-4-7-11(10)13-9-5-8-12(13)2/h3-8H,1-2H3;3-7H,1-2H3;4-7H,1-3H3;3-8H,1-2H3;4-8H,1-3H3;3-9H,1-2H3/q6*+1. The molecule has 0 bridgehead atoms. The van der Waals surface area contributed by atoms with Gasteiger partial charge in [0.25, 0.3) is 0 Å². The molecular formula is C67H75F7N14+6. The molecule has 0 atom stereocenters. The van der Waals surface area contributed by atoms with Crippen LogP contribution >= 0.6 is 0 Å². The van der Waals surface area contributed by atoms with Gasteiger partial charge in [-0.05, 0) is 142 Å². The van der Waals surface area contributed by atoms with Crippen molar-refractivity contribution in [3.63, 3.8) is 0 Å². The van der Waals surface area contributed by atoms with Gasteiger partial charge in [-0.3, -0.25) is 0 Å². The molecule has 12 aromatic rings. The summed E-state index contributed by atoms with van der Waals surface area (Å²) in [6, 6.07) is 39.7. The number of benzene rings is 6. The van der Waals surface area contributed by atoms with Crippen LogP contribution in [0.15, 0.2) is 202 Å². The Morgan fingerprint density at radius 3 is 1.23 bits per heavy atom. The third-order valence-electron chi connectivity index (χ3n) is 14.1. The zero-order valence-electron chi connectivity index (χ0n) is 52.0. The van der Waals surface area contributed by atoms with Gasteiger partial charge in [0, 0.05) is 40.5 Å². The molecule has 6 aromatic heterocycles. The first-order valence-electron chi connectivity index (χ1n) is 27.9. The van der Waals surface area contributed by atoms with Crippen molar-refractivity contribution in [2.45, 2.75) is 47.7 Å². The van der Waals surface area contributed by atoms with E-state index in [-0.39, 0.29) is 11.6 Å². The van der Waals surface area contributed by atoms with E-state index in [1.807, 2.05) is 135 Å². The molecule has 0 aliphatic carbocycles. The van der Waals surface area contributed by atoms with E-state index in [9.17, 15) is 30.7 Å². The summed E-state index contributed by atoms with van der Waals surface area (Å²) in [7, 11) is 15.3. The highest BCUT2D eigenvalue weighted by molar-refractivity contribution is 5.57. The van der Waals surface area contributed by atoms with E-state index in [4.69, 9.17) is 0 Å². The van der Waals surface area contributed by atoms with E-state index in [1.54, 1.807) is 100 Å². The van der Waals surface area contributed by atoms with Crippen LogP contribution in [-0.2, 0) is 62.6 Å². The summed E-state index contributed by atoms with van der Waals surface area (Å²) in [4.78, 5) is 0. The Balaban J connectivity index is 0.000000151. The largest absolute Gasteiger partial charge is 0.416 e. The SMILES string of the molecule is Cc1cc(F)cc(F)c1-n1ccc[n+]1C.Cc1cc(F)ccc1-c1nn(C)c[n+]1C.Cc1cc(F)ccc1-n1ccc[n+]1C.Cc1ccc(C(F)(F)F)cc1-n1ccc[n+]1C.Cc1ccccc1-c1nn(C)c[n+]1C.Cc1ccccc1-n1ccc[n+]1C. The zero-order chi connectivity index (χ0) is 64.1. The monoisotopic (exact) mass is 1210 g/mol. The second-order valence-corrected chi connectivity index (χ2v) is 21.1. The molecule has 0 N–H and O–H groups in total. The van der Waals surface area contributed by atoms with Crippen LogP contribution in [0.1, 0.15) is 38.9 Å². The molecule has 6 aromatic carbocycles. The van der Waals surface area contributed by atoms with Crippen molar-refractivity contribution < 1.29 is 58.6 Å². The van der Waals surface area contributed by atoms with Gasteiger partial charge < -0.3 is 0 Å². The van der Waals surface area contributed by atoms with Crippen LogP contribution in [0.3, 0.4) is 0 Å². The van der Waals surface area contributed by atoms with Crippen molar-refractivity contribution >= 4 is 0 Å². The molecule has 0 spiro atoms. The topological polar surface area (TPSA) is 78.6 Å². The fraction of sp³-hybridized carbons (Fsp3) is 0.224. The first-order chi connectivity index (χ1) is 41.7. The van der Waals surface area contributed by atoms with Crippen LogP contribution in [-0.4, -0.2) is 38.3 Å². The lowest BCUT2D eigenvalue weighted by molar-refractivity contribution is -0.744. The number of hydrogen-bond donors (Lipinski definition) is 0. The predicted molar refractivity (Wildman–Crippen MR) is 321 cm³/mol. The Hall–Kier alpha value is -10.1. The smallest absolute Gasteiger partial charge is 0.233 e. The average Bonchev–Trinajstić information content (AvgIpc) is 2.43. The van der Waals surface area contributed by atoms with E-state index in [0.717, 1.165) is 57.8 Å². The molecule has 6 heterocycles. The van der Waals surface area contributed by atoms with Crippen LogP contribution in [0.4, 0.5) is 30.7 Å². The molecule has 0 saturated heterocycles. The maximum absolute atomic E-state index is 13.6. The number of rotatable bonds is 6. The van der Waals surface area contributed by atoms with Crippen LogP contribution in [0.5, 0.6) is 0 Å². The van der Waals surface area contributed by atoms with E-state index < -0.39 is 23.4 Å².